The van der Waals surface area contributed by atoms with Gasteiger partial charge in [0.2, 0.25) is 0 Å². The maximum atomic E-state index is 6.16. The van der Waals surface area contributed by atoms with Crippen molar-refractivity contribution < 1.29 is 14.3 Å². The average Bonchev–Trinajstić information content (AvgIpc) is 2.29. The Kier molecular flexibility index (Phi) is 3.30. The average molecular weight is 230 g/mol. The van der Waals surface area contributed by atoms with Gasteiger partial charge in [0.1, 0.15) is 13.2 Å². The van der Waals surface area contributed by atoms with Crippen LogP contribution in [0.15, 0.2) is 12.1 Å². The molecule has 0 atom stereocenters. The highest BCUT2D eigenvalue weighted by Gasteiger charge is 2.17. The van der Waals surface area contributed by atoms with E-state index < -0.39 is 0 Å². The van der Waals surface area contributed by atoms with Crippen molar-refractivity contribution in [2.24, 2.45) is 0 Å². The highest BCUT2D eigenvalue weighted by Crippen LogP contribution is 2.39. The maximum absolute atomic E-state index is 6.16. The number of ether oxygens (including phenoxy) is 2. The summed E-state index contributed by atoms with van der Waals surface area (Å²) in [4.78, 5) is 4.76. The molecule has 0 aromatic heterocycles. The van der Waals surface area contributed by atoms with Crippen LogP contribution in [0.5, 0.6) is 11.5 Å². The lowest BCUT2D eigenvalue weighted by Gasteiger charge is -2.20. The van der Waals surface area contributed by atoms with E-state index in [0.29, 0.717) is 36.3 Å². The van der Waals surface area contributed by atoms with Gasteiger partial charge in [0.25, 0.3) is 0 Å². The molecule has 1 N–H and O–H groups in total. The number of rotatable bonds is 3. The van der Waals surface area contributed by atoms with Crippen LogP contribution < -0.4 is 15.0 Å². The van der Waals surface area contributed by atoms with Gasteiger partial charge in [-0.05, 0) is 11.6 Å². The lowest BCUT2D eigenvalue weighted by molar-refractivity contribution is 0.0865. The summed E-state index contributed by atoms with van der Waals surface area (Å²) in [5.41, 5.74) is 3.65. The van der Waals surface area contributed by atoms with Crippen LogP contribution in [-0.2, 0) is 11.4 Å². The van der Waals surface area contributed by atoms with Crippen LogP contribution in [0.4, 0.5) is 0 Å². The van der Waals surface area contributed by atoms with Crippen LogP contribution in [0.3, 0.4) is 0 Å². The van der Waals surface area contributed by atoms with Crippen molar-refractivity contribution in [1.82, 2.24) is 5.48 Å². The van der Waals surface area contributed by atoms with Gasteiger partial charge in [0, 0.05) is 6.54 Å². The van der Waals surface area contributed by atoms with Crippen molar-refractivity contribution in [3.8, 4) is 11.5 Å². The normalized spacial score (nSPS) is 14.0. The number of fused-ring (bicyclic) bond motifs is 1. The predicted octanol–water partition coefficient (Wildman–Crippen LogP) is 1.76. The van der Waals surface area contributed by atoms with Crippen molar-refractivity contribution in [3.63, 3.8) is 0 Å². The molecule has 0 amide bonds. The summed E-state index contributed by atoms with van der Waals surface area (Å²) in [5, 5.41) is 0.580. The minimum absolute atomic E-state index is 0.534. The standard InChI is InChI=1S/C10H12ClNO3/c1-13-12-6-7-2-3-8-10(9(7)11)15-5-4-14-8/h2-3,12H,4-6H2,1H3. The van der Waals surface area contributed by atoms with Gasteiger partial charge in [-0.25, -0.2) is 0 Å². The molecule has 2 rings (SSSR count). The van der Waals surface area contributed by atoms with E-state index in [-0.39, 0.29) is 0 Å². The third-order valence-corrected chi connectivity index (χ3v) is 2.55. The van der Waals surface area contributed by atoms with E-state index in [1.807, 2.05) is 12.1 Å². The zero-order valence-corrected chi connectivity index (χ0v) is 9.13. The quantitative estimate of drug-likeness (QED) is 0.802. The van der Waals surface area contributed by atoms with Crippen molar-refractivity contribution >= 4 is 11.6 Å². The smallest absolute Gasteiger partial charge is 0.180 e. The Labute approximate surface area is 93.0 Å². The van der Waals surface area contributed by atoms with Crippen molar-refractivity contribution in [1.29, 1.82) is 0 Å². The fourth-order valence-electron chi connectivity index (χ4n) is 1.41. The Morgan fingerprint density at radius 3 is 3.00 bits per heavy atom. The molecule has 0 saturated heterocycles. The Balaban J connectivity index is 2.26. The van der Waals surface area contributed by atoms with Gasteiger partial charge in [-0.1, -0.05) is 17.7 Å². The van der Waals surface area contributed by atoms with E-state index in [4.69, 9.17) is 25.9 Å². The summed E-state index contributed by atoms with van der Waals surface area (Å²) in [6.07, 6.45) is 0. The molecule has 4 nitrogen and oxygen atoms in total. The largest absolute Gasteiger partial charge is 0.486 e. The summed E-state index contributed by atoms with van der Waals surface area (Å²) < 4.78 is 10.9. The van der Waals surface area contributed by atoms with Gasteiger partial charge in [-0.15, -0.1) is 0 Å². The second-order valence-electron chi connectivity index (χ2n) is 3.09. The molecule has 1 heterocycles. The van der Waals surface area contributed by atoms with E-state index >= 15 is 0 Å². The summed E-state index contributed by atoms with van der Waals surface area (Å²) in [7, 11) is 1.56. The molecule has 15 heavy (non-hydrogen) atoms. The monoisotopic (exact) mass is 229 g/mol. The summed E-state index contributed by atoms with van der Waals surface area (Å²) in [6, 6.07) is 3.74. The molecule has 0 unspecified atom stereocenters. The highest BCUT2D eigenvalue weighted by atomic mass is 35.5. The lowest BCUT2D eigenvalue weighted by atomic mass is 10.2. The summed E-state index contributed by atoms with van der Waals surface area (Å²) in [5.74, 6) is 1.32. The van der Waals surface area contributed by atoms with Gasteiger partial charge in [-0.2, -0.15) is 5.48 Å². The molecule has 1 aliphatic rings. The van der Waals surface area contributed by atoms with Gasteiger partial charge in [-0.3, -0.25) is 0 Å². The second-order valence-corrected chi connectivity index (χ2v) is 3.47. The molecule has 5 heteroatoms. The number of hydrogen-bond donors (Lipinski definition) is 1. The van der Waals surface area contributed by atoms with Crippen LogP contribution in [-0.4, -0.2) is 20.3 Å². The molecule has 0 aliphatic carbocycles. The van der Waals surface area contributed by atoms with Crippen LogP contribution in [0.25, 0.3) is 0 Å². The number of hydroxylamine groups is 1. The zero-order chi connectivity index (χ0) is 10.7. The molecular formula is C10H12ClNO3. The minimum atomic E-state index is 0.534. The van der Waals surface area contributed by atoms with E-state index in [0.717, 1.165) is 5.56 Å². The Bertz CT molecular complexity index is 357. The van der Waals surface area contributed by atoms with Crippen molar-refractivity contribution in [3.05, 3.63) is 22.7 Å². The number of halogens is 1. The third-order valence-electron chi connectivity index (χ3n) is 2.14. The Hall–Kier alpha value is -0.970. The first kappa shape index (κ1) is 10.5. The van der Waals surface area contributed by atoms with Gasteiger partial charge in [0.15, 0.2) is 11.5 Å². The molecular weight excluding hydrogens is 218 g/mol. The molecule has 0 spiro atoms. The first-order valence-corrected chi connectivity index (χ1v) is 5.03. The van der Waals surface area contributed by atoms with E-state index in [2.05, 4.69) is 5.48 Å². The van der Waals surface area contributed by atoms with Gasteiger partial charge in [0.05, 0.1) is 12.1 Å². The van der Waals surface area contributed by atoms with Crippen molar-refractivity contribution in [2.45, 2.75) is 6.54 Å². The number of benzene rings is 1. The molecule has 0 bridgehead atoms. The van der Waals surface area contributed by atoms with E-state index in [9.17, 15) is 0 Å². The molecule has 1 aromatic rings. The highest BCUT2D eigenvalue weighted by molar-refractivity contribution is 6.33. The zero-order valence-electron chi connectivity index (χ0n) is 8.38. The predicted molar refractivity (Wildman–Crippen MR) is 56.3 cm³/mol. The molecule has 0 radical (unpaired) electrons. The third kappa shape index (κ3) is 2.17. The van der Waals surface area contributed by atoms with Gasteiger partial charge >= 0.3 is 0 Å². The fraction of sp³-hybridized carbons (Fsp3) is 0.400. The molecule has 1 aliphatic heterocycles. The molecule has 0 saturated carbocycles. The minimum Gasteiger partial charge on any atom is -0.486 e. The van der Waals surface area contributed by atoms with Crippen LogP contribution in [0, 0.1) is 0 Å². The summed E-state index contributed by atoms with van der Waals surface area (Å²) in [6.45, 7) is 1.64. The van der Waals surface area contributed by atoms with Crippen LogP contribution in [0.2, 0.25) is 5.02 Å². The van der Waals surface area contributed by atoms with Gasteiger partial charge < -0.3 is 14.3 Å². The second kappa shape index (κ2) is 4.70. The first-order valence-electron chi connectivity index (χ1n) is 4.65. The fourth-order valence-corrected chi connectivity index (χ4v) is 1.69. The summed E-state index contributed by atoms with van der Waals surface area (Å²) >= 11 is 6.16. The SMILES string of the molecule is CONCc1ccc2c(c1Cl)OCCO2. The van der Waals surface area contributed by atoms with E-state index in [1.165, 1.54) is 0 Å². The Morgan fingerprint density at radius 1 is 1.40 bits per heavy atom. The molecule has 82 valence electrons. The first-order chi connectivity index (χ1) is 7.33. The molecule has 1 aromatic carbocycles. The van der Waals surface area contributed by atoms with Crippen LogP contribution in [0.1, 0.15) is 5.56 Å². The molecule has 0 fully saturated rings. The number of hydrogen-bond acceptors (Lipinski definition) is 4. The maximum Gasteiger partial charge on any atom is 0.180 e. The topological polar surface area (TPSA) is 39.7 Å². The van der Waals surface area contributed by atoms with E-state index in [1.54, 1.807) is 7.11 Å². The Morgan fingerprint density at radius 2 is 2.20 bits per heavy atom. The lowest BCUT2D eigenvalue weighted by Crippen LogP contribution is -2.17. The van der Waals surface area contributed by atoms with Crippen molar-refractivity contribution in [2.75, 3.05) is 20.3 Å². The van der Waals surface area contributed by atoms with Crippen LogP contribution >= 0.6 is 11.6 Å². The number of nitrogens with one attached hydrogen (secondary N) is 1.